The lowest BCUT2D eigenvalue weighted by atomic mass is 10.0. The predicted octanol–water partition coefficient (Wildman–Crippen LogP) is 3.80. The number of hydrogen-bond donors (Lipinski definition) is 0. The van der Waals surface area contributed by atoms with Gasteiger partial charge in [0.2, 0.25) is 0 Å². The van der Waals surface area contributed by atoms with E-state index in [4.69, 9.17) is 4.98 Å². The number of benzene rings is 1. The molecule has 0 amide bonds. The summed E-state index contributed by atoms with van der Waals surface area (Å²) in [4.78, 5) is 4.69. The minimum atomic E-state index is 1.12. The zero-order chi connectivity index (χ0) is 10.8. The summed E-state index contributed by atoms with van der Waals surface area (Å²) in [5.74, 6) is 0. The molecule has 0 aliphatic rings. The van der Waals surface area contributed by atoms with Crippen molar-refractivity contribution in [3.05, 3.63) is 41.1 Å². The zero-order valence-electron chi connectivity index (χ0n) is 9.67. The molecule has 2 aromatic rings. The summed E-state index contributed by atoms with van der Waals surface area (Å²) >= 11 is 0. The van der Waals surface area contributed by atoms with Gasteiger partial charge < -0.3 is 0 Å². The second-order valence-corrected chi connectivity index (χ2v) is 4.13. The van der Waals surface area contributed by atoms with Gasteiger partial charge in [0.15, 0.2) is 0 Å². The van der Waals surface area contributed by atoms with Crippen LogP contribution in [0.2, 0.25) is 0 Å². The summed E-state index contributed by atoms with van der Waals surface area (Å²) in [6.45, 7) is 6.41. The van der Waals surface area contributed by atoms with Crippen molar-refractivity contribution in [1.82, 2.24) is 4.98 Å². The maximum Gasteiger partial charge on any atom is 0.0737 e. The van der Waals surface area contributed by atoms with E-state index in [1.807, 2.05) is 0 Å². The zero-order valence-corrected chi connectivity index (χ0v) is 9.67. The monoisotopic (exact) mass is 199 g/mol. The highest BCUT2D eigenvalue weighted by molar-refractivity contribution is 5.82. The van der Waals surface area contributed by atoms with Gasteiger partial charge in [0.25, 0.3) is 0 Å². The fourth-order valence-electron chi connectivity index (χ4n) is 1.93. The molecule has 0 N–H and O–H groups in total. The van der Waals surface area contributed by atoms with Crippen molar-refractivity contribution in [2.24, 2.45) is 0 Å². The van der Waals surface area contributed by atoms with E-state index in [0.29, 0.717) is 0 Å². The highest BCUT2D eigenvalue weighted by atomic mass is 14.7. The molecule has 0 aliphatic carbocycles. The van der Waals surface area contributed by atoms with Crippen LogP contribution in [0.25, 0.3) is 10.9 Å². The molecular weight excluding hydrogens is 182 g/mol. The fourth-order valence-corrected chi connectivity index (χ4v) is 1.93. The molecule has 1 aromatic carbocycles. The summed E-state index contributed by atoms with van der Waals surface area (Å²) in [5.41, 5.74) is 4.97. The van der Waals surface area contributed by atoms with Crippen molar-refractivity contribution in [3.63, 3.8) is 0 Å². The SMILES string of the molecule is CCCc1cccc2cc(C)c(C)nc12. The number of pyridine rings is 1. The van der Waals surface area contributed by atoms with Gasteiger partial charge in [-0.05, 0) is 37.5 Å². The van der Waals surface area contributed by atoms with Gasteiger partial charge in [-0.15, -0.1) is 0 Å². The van der Waals surface area contributed by atoms with Gasteiger partial charge in [0.05, 0.1) is 5.52 Å². The molecule has 0 saturated heterocycles. The van der Waals surface area contributed by atoms with E-state index in [-0.39, 0.29) is 0 Å². The number of nitrogens with zero attached hydrogens (tertiary/aromatic N) is 1. The van der Waals surface area contributed by atoms with E-state index in [1.165, 1.54) is 28.5 Å². The van der Waals surface area contributed by atoms with Gasteiger partial charge in [-0.25, -0.2) is 0 Å². The van der Waals surface area contributed by atoms with Crippen molar-refractivity contribution in [3.8, 4) is 0 Å². The average molecular weight is 199 g/mol. The van der Waals surface area contributed by atoms with Crippen LogP contribution in [-0.4, -0.2) is 4.98 Å². The molecule has 0 spiro atoms. The van der Waals surface area contributed by atoms with E-state index < -0.39 is 0 Å². The van der Waals surface area contributed by atoms with Crippen LogP contribution in [0, 0.1) is 13.8 Å². The van der Waals surface area contributed by atoms with Crippen molar-refractivity contribution < 1.29 is 0 Å². The molecule has 0 saturated carbocycles. The van der Waals surface area contributed by atoms with Crippen LogP contribution in [0.5, 0.6) is 0 Å². The molecule has 0 fully saturated rings. The molecule has 0 aliphatic heterocycles. The Balaban J connectivity index is 2.68. The summed E-state index contributed by atoms with van der Waals surface area (Å²) < 4.78 is 0. The third-order valence-electron chi connectivity index (χ3n) is 2.89. The number of para-hydroxylation sites is 1. The van der Waals surface area contributed by atoms with Crippen LogP contribution in [0.1, 0.15) is 30.2 Å². The van der Waals surface area contributed by atoms with E-state index in [1.54, 1.807) is 0 Å². The predicted molar refractivity (Wildman–Crippen MR) is 65.2 cm³/mol. The van der Waals surface area contributed by atoms with Gasteiger partial charge in [-0.1, -0.05) is 31.5 Å². The molecule has 0 bridgehead atoms. The fraction of sp³-hybridized carbons (Fsp3) is 0.357. The van der Waals surface area contributed by atoms with Gasteiger partial charge in [0, 0.05) is 11.1 Å². The van der Waals surface area contributed by atoms with Gasteiger partial charge in [-0.2, -0.15) is 0 Å². The van der Waals surface area contributed by atoms with Crippen molar-refractivity contribution in [2.45, 2.75) is 33.6 Å². The number of rotatable bonds is 2. The molecule has 2 rings (SSSR count). The second-order valence-electron chi connectivity index (χ2n) is 4.13. The molecular formula is C14H17N. The third-order valence-corrected chi connectivity index (χ3v) is 2.89. The summed E-state index contributed by atoms with van der Waals surface area (Å²) in [5, 5.41) is 1.27. The van der Waals surface area contributed by atoms with Gasteiger partial charge in [0.1, 0.15) is 0 Å². The minimum Gasteiger partial charge on any atom is -0.253 e. The maximum atomic E-state index is 4.69. The first-order valence-electron chi connectivity index (χ1n) is 5.58. The lowest BCUT2D eigenvalue weighted by Gasteiger charge is -2.07. The van der Waals surface area contributed by atoms with Crippen LogP contribution in [-0.2, 0) is 6.42 Å². The Morgan fingerprint density at radius 3 is 2.73 bits per heavy atom. The largest absolute Gasteiger partial charge is 0.253 e. The van der Waals surface area contributed by atoms with Crippen LogP contribution >= 0.6 is 0 Å². The molecule has 0 radical (unpaired) electrons. The Morgan fingerprint density at radius 1 is 1.20 bits per heavy atom. The lowest BCUT2D eigenvalue weighted by molar-refractivity contribution is 0.925. The molecule has 1 heteroatoms. The average Bonchev–Trinajstić information content (AvgIpc) is 2.21. The molecule has 1 nitrogen and oxygen atoms in total. The van der Waals surface area contributed by atoms with Crippen molar-refractivity contribution in [2.75, 3.05) is 0 Å². The third kappa shape index (κ3) is 1.87. The highest BCUT2D eigenvalue weighted by Crippen LogP contribution is 2.20. The first-order chi connectivity index (χ1) is 7.22. The van der Waals surface area contributed by atoms with Crippen LogP contribution in [0.15, 0.2) is 24.3 Å². The topological polar surface area (TPSA) is 12.9 Å². The molecule has 0 unspecified atom stereocenters. The quantitative estimate of drug-likeness (QED) is 0.716. The number of aromatic nitrogens is 1. The maximum absolute atomic E-state index is 4.69. The van der Waals surface area contributed by atoms with Crippen LogP contribution in [0.4, 0.5) is 0 Å². The molecule has 0 atom stereocenters. The van der Waals surface area contributed by atoms with Crippen LogP contribution in [0.3, 0.4) is 0 Å². The van der Waals surface area contributed by atoms with E-state index in [2.05, 4.69) is 45.0 Å². The molecule has 78 valence electrons. The molecule has 1 aromatic heterocycles. The Bertz CT molecular complexity index is 486. The standard InChI is InChI=1S/C14H17N/c1-4-6-12-7-5-8-13-9-10(2)11(3)15-14(12)13/h5,7-9H,4,6H2,1-3H3. The first kappa shape index (κ1) is 10.2. The van der Waals surface area contributed by atoms with Crippen LogP contribution < -0.4 is 0 Å². The van der Waals surface area contributed by atoms with E-state index in [0.717, 1.165) is 12.1 Å². The summed E-state index contributed by atoms with van der Waals surface area (Å²) in [6.07, 6.45) is 2.29. The van der Waals surface area contributed by atoms with Gasteiger partial charge in [-0.3, -0.25) is 4.98 Å². The Kier molecular flexibility index (Phi) is 2.72. The summed E-state index contributed by atoms with van der Waals surface area (Å²) in [6, 6.07) is 8.70. The molecule has 15 heavy (non-hydrogen) atoms. The minimum absolute atomic E-state index is 1.12. The number of aryl methyl sites for hydroxylation is 3. The first-order valence-corrected chi connectivity index (χ1v) is 5.58. The number of fused-ring (bicyclic) bond motifs is 1. The van der Waals surface area contributed by atoms with Gasteiger partial charge >= 0.3 is 0 Å². The van der Waals surface area contributed by atoms with Crippen molar-refractivity contribution in [1.29, 1.82) is 0 Å². The van der Waals surface area contributed by atoms with Crippen molar-refractivity contribution >= 4 is 10.9 Å². The van der Waals surface area contributed by atoms with E-state index in [9.17, 15) is 0 Å². The highest BCUT2D eigenvalue weighted by Gasteiger charge is 2.03. The summed E-state index contributed by atoms with van der Waals surface area (Å²) in [7, 11) is 0. The Hall–Kier alpha value is -1.37. The smallest absolute Gasteiger partial charge is 0.0737 e. The Morgan fingerprint density at radius 2 is 2.00 bits per heavy atom. The Labute approximate surface area is 91.2 Å². The molecule has 1 heterocycles. The number of hydrogen-bond acceptors (Lipinski definition) is 1. The van der Waals surface area contributed by atoms with E-state index >= 15 is 0 Å². The lowest BCUT2D eigenvalue weighted by Crippen LogP contribution is -1.93. The second kappa shape index (κ2) is 4.01. The normalized spacial score (nSPS) is 10.9.